The lowest BCUT2D eigenvalue weighted by Crippen LogP contribution is -2.30. The first-order valence-electron chi connectivity index (χ1n) is 7.89. The molecule has 0 saturated carbocycles. The number of rotatable bonds is 2. The highest BCUT2D eigenvalue weighted by Crippen LogP contribution is 2.40. The lowest BCUT2D eigenvalue weighted by molar-refractivity contribution is -0.137. The summed E-state index contributed by atoms with van der Waals surface area (Å²) in [5.74, 6) is 0.559. The van der Waals surface area contributed by atoms with Crippen LogP contribution in [-0.2, 0) is 6.18 Å². The van der Waals surface area contributed by atoms with E-state index in [4.69, 9.17) is 0 Å². The number of hydrogen-bond acceptors (Lipinski definition) is 4. The smallest absolute Gasteiger partial charge is 0.320 e. The van der Waals surface area contributed by atoms with E-state index >= 15 is 0 Å². The van der Waals surface area contributed by atoms with Crippen molar-refractivity contribution < 1.29 is 18.0 Å². The molecule has 0 spiro atoms. The zero-order valence-corrected chi connectivity index (χ0v) is 15.0. The molecule has 0 N–H and O–H groups in total. The average molecular weight is 394 g/mol. The Bertz CT molecular complexity index is 920. The van der Waals surface area contributed by atoms with Gasteiger partial charge in [-0.2, -0.15) is 13.2 Å². The molecule has 0 radical (unpaired) electrons. The zero-order valence-electron chi connectivity index (χ0n) is 13.4. The van der Waals surface area contributed by atoms with Gasteiger partial charge in [-0.15, -0.1) is 23.1 Å². The number of para-hydroxylation sites is 1. The van der Waals surface area contributed by atoms with Crippen molar-refractivity contribution in [2.75, 3.05) is 12.3 Å². The number of nitrogens with zero attached hydrogens (tertiary/aromatic N) is 2. The van der Waals surface area contributed by atoms with Gasteiger partial charge in [0.05, 0.1) is 15.8 Å². The minimum Gasteiger partial charge on any atom is -0.320 e. The average Bonchev–Trinajstić information content (AvgIpc) is 3.27. The summed E-state index contributed by atoms with van der Waals surface area (Å²) in [6.45, 7) is 0.547. The molecule has 2 heterocycles. The second-order valence-corrected chi connectivity index (χ2v) is 8.05. The van der Waals surface area contributed by atoms with Gasteiger partial charge in [0.1, 0.15) is 5.37 Å². The number of carbonyl (C=O) groups excluding carboxylic acids is 1. The monoisotopic (exact) mass is 394 g/mol. The van der Waals surface area contributed by atoms with E-state index < -0.39 is 11.7 Å². The number of alkyl halides is 3. The van der Waals surface area contributed by atoms with Gasteiger partial charge >= 0.3 is 6.18 Å². The lowest BCUT2D eigenvalue weighted by atomic mass is 10.1. The third-order valence-corrected chi connectivity index (χ3v) is 6.44. The third-order valence-electron chi connectivity index (χ3n) is 4.15. The van der Waals surface area contributed by atoms with Crippen LogP contribution in [0.3, 0.4) is 0 Å². The molecule has 0 unspecified atom stereocenters. The number of carbonyl (C=O) groups is 1. The lowest BCUT2D eigenvalue weighted by Gasteiger charge is -2.23. The molecule has 1 amide bonds. The largest absolute Gasteiger partial charge is 0.416 e. The number of hydrogen-bond donors (Lipinski definition) is 0. The van der Waals surface area contributed by atoms with Gasteiger partial charge in [0.2, 0.25) is 0 Å². The fourth-order valence-electron chi connectivity index (χ4n) is 2.88. The molecule has 0 bridgehead atoms. The summed E-state index contributed by atoms with van der Waals surface area (Å²) in [6, 6.07) is 12.6. The van der Waals surface area contributed by atoms with Crippen molar-refractivity contribution in [3.63, 3.8) is 0 Å². The summed E-state index contributed by atoms with van der Waals surface area (Å²) in [4.78, 5) is 19.0. The van der Waals surface area contributed by atoms with Crippen LogP contribution in [0.5, 0.6) is 0 Å². The van der Waals surface area contributed by atoms with Gasteiger partial charge in [0.15, 0.2) is 5.01 Å². The van der Waals surface area contributed by atoms with E-state index in [1.807, 2.05) is 24.3 Å². The summed E-state index contributed by atoms with van der Waals surface area (Å²) < 4.78 is 39.2. The Balaban J connectivity index is 1.60. The number of aromatic nitrogens is 1. The standard InChI is InChI=1S/C18H13F3N2OS2/c19-18(20,21)12-7-5-11(6-8-12)17-23(9-10-25-17)16(24)15-22-13-3-1-2-4-14(13)26-15/h1-8,17H,9-10H2/t17-/m1/s1. The molecule has 2 aromatic carbocycles. The second-order valence-electron chi connectivity index (χ2n) is 5.83. The Morgan fingerprint density at radius 3 is 2.54 bits per heavy atom. The molecule has 0 aliphatic carbocycles. The van der Waals surface area contributed by atoms with Gasteiger partial charge in [-0.25, -0.2) is 4.98 Å². The maximum absolute atomic E-state index is 12.9. The first-order chi connectivity index (χ1) is 12.4. The van der Waals surface area contributed by atoms with Gasteiger partial charge in [-0.3, -0.25) is 4.79 Å². The van der Waals surface area contributed by atoms with Crippen LogP contribution in [-0.4, -0.2) is 28.1 Å². The van der Waals surface area contributed by atoms with Crippen LogP contribution < -0.4 is 0 Å². The highest BCUT2D eigenvalue weighted by atomic mass is 32.2. The number of halogens is 3. The quantitative estimate of drug-likeness (QED) is 0.599. The molecule has 3 aromatic rings. The van der Waals surface area contributed by atoms with E-state index in [2.05, 4.69) is 4.98 Å². The van der Waals surface area contributed by atoms with E-state index in [0.717, 1.165) is 28.1 Å². The van der Waals surface area contributed by atoms with Crippen molar-refractivity contribution >= 4 is 39.2 Å². The maximum atomic E-state index is 12.9. The van der Waals surface area contributed by atoms with Gasteiger partial charge in [0, 0.05) is 12.3 Å². The minimum absolute atomic E-state index is 0.180. The highest BCUT2D eigenvalue weighted by Gasteiger charge is 2.34. The number of benzene rings is 2. The molecule has 1 aliphatic rings. The third kappa shape index (κ3) is 3.19. The van der Waals surface area contributed by atoms with Crippen molar-refractivity contribution in [2.24, 2.45) is 0 Å². The molecule has 1 saturated heterocycles. The Hall–Kier alpha value is -2.06. The SMILES string of the molecule is O=C(c1nc2ccccc2s1)N1CCS[C@@H]1c1ccc(C(F)(F)F)cc1. The fourth-order valence-corrected chi connectivity index (χ4v) is 5.06. The number of amides is 1. The van der Waals surface area contributed by atoms with E-state index in [1.165, 1.54) is 23.5 Å². The van der Waals surface area contributed by atoms with Gasteiger partial charge < -0.3 is 4.90 Å². The van der Waals surface area contributed by atoms with Crippen LogP contribution in [0.1, 0.15) is 26.3 Å². The van der Waals surface area contributed by atoms with Crippen LogP contribution in [0, 0.1) is 0 Å². The Labute approximate surface area is 155 Å². The molecule has 4 rings (SSSR count). The van der Waals surface area contributed by atoms with Crippen molar-refractivity contribution in [2.45, 2.75) is 11.6 Å². The fraction of sp³-hybridized carbons (Fsp3) is 0.222. The van der Waals surface area contributed by atoms with Crippen LogP contribution in [0.2, 0.25) is 0 Å². The Morgan fingerprint density at radius 2 is 1.85 bits per heavy atom. The van der Waals surface area contributed by atoms with E-state index in [9.17, 15) is 18.0 Å². The van der Waals surface area contributed by atoms with Crippen molar-refractivity contribution in [1.29, 1.82) is 0 Å². The number of thiazole rings is 1. The van der Waals surface area contributed by atoms with E-state index in [1.54, 1.807) is 16.7 Å². The maximum Gasteiger partial charge on any atom is 0.416 e. The van der Waals surface area contributed by atoms with Gasteiger partial charge in [-0.05, 0) is 29.8 Å². The van der Waals surface area contributed by atoms with Crippen LogP contribution in [0.15, 0.2) is 48.5 Å². The molecule has 3 nitrogen and oxygen atoms in total. The van der Waals surface area contributed by atoms with E-state index in [-0.39, 0.29) is 11.3 Å². The topological polar surface area (TPSA) is 33.2 Å². The first-order valence-corrected chi connectivity index (χ1v) is 9.75. The second kappa shape index (κ2) is 6.59. The highest BCUT2D eigenvalue weighted by molar-refractivity contribution is 7.99. The predicted octanol–water partition coefficient (Wildman–Crippen LogP) is 5.20. The molecular formula is C18H13F3N2OS2. The summed E-state index contributed by atoms with van der Waals surface area (Å²) in [5, 5.41) is 0.113. The van der Waals surface area contributed by atoms with Crippen molar-refractivity contribution in [3.8, 4) is 0 Å². The van der Waals surface area contributed by atoms with Crippen LogP contribution in [0.25, 0.3) is 10.2 Å². The molecule has 26 heavy (non-hydrogen) atoms. The van der Waals surface area contributed by atoms with Crippen molar-refractivity contribution in [3.05, 3.63) is 64.7 Å². The summed E-state index contributed by atoms with van der Waals surface area (Å²) in [7, 11) is 0. The molecule has 1 fully saturated rings. The molecule has 134 valence electrons. The molecule has 1 atom stereocenters. The first kappa shape index (κ1) is 17.4. The molecular weight excluding hydrogens is 381 g/mol. The summed E-state index contributed by atoms with van der Waals surface area (Å²) in [6.07, 6.45) is -4.36. The van der Waals surface area contributed by atoms with Gasteiger partial charge in [0.25, 0.3) is 5.91 Å². The minimum atomic E-state index is -4.36. The number of fused-ring (bicyclic) bond motifs is 1. The molecule has 8 heteroatoms. The zero-order chi connectivity index (χ0) is 18.3. The van der Waals surface area contributed by atoms with E-state index in [0.29, 0.717) is 17.1 Å². The van der Waals surface area contributed by atoms with Crippen LogP contribution >= 0.6 is 23.1 Å². The Kier molecular flexibility index (Phi) is 4.40. The number of thioether (sulfide) groups is 1. The molecule has 1 aliphatic heterocycles. The van der Waals surface area contributed by atoms with Crippen molar-refractivity contribution in [1.82, 2.24) is 9.88 Å². The summed E-state index contributed by atoms with van der Waals surface area (Å²) >= 11 is 2.88. The normalized spacial score (nSPS) is 17.8. The Morgan fingerprint density at radius 1 is 1.12 bits per heavy atom. The molecule has 1 aromatic heterocycles. The predicted molar refractivity (Wildman–Crippen MR) is 97.3 cm³/mol. The van der Waals surface area contributed by atoms with Crippen LogP contribution in [0.4, 0.5) is 13.2 Å². The van der Waals surface area contributed by atoms with Gasteiger partial charge in [-0.1, -0.05) is 24.3 Å². The summed E-state index contributed by atoms with van der Waals surface area (Å²) in [5.41, 5.74) is 0.780.